The number of nitrogens with zero attached hydrogens (tertiary/aromatic N) is 1. The number of aliphatic hydroxyl groups is 1. The van der Waals surface area contributed by atoms with Gasteiger partial charge in [0.05, 0.1) is 6.61 Å². The maximum atomic E-state index is 9.78. The molecule has 1 heterocycles. The molecule has 3 nitrogen and oxygen atoms in total. The van der Waals surface area contributed by atoms with Crippen molar-refractivity contribution in [1.29, 1.82) is 0 Å². The molecule has 2 rings (SSSR count). The molecule has 2 unspecified atom stereocenters. The highest BCUT2D eigenvalue weighted by Gasteiger charge is 2.42. The maximum absolute atomic E-state index is 9.78. The molecule has 1 aliphatic carbocycles. The fraction of sp³-hybridized carbons (Fsp3) is 1.00. The summed E-state index contributed by atoms with van der Waals surface area (Å²) in [7, 11) is 0. The molecular formula is C15H30N2O. The smallest absolute Gasteiger partial charge is 0.0613 e. The van der Waals surface area contributed by atoms with Crippen LogP contribution in [0, 0.1) is 0 Å². The predicted molar refractivity (Wildman–Crippen MR) is 75.8 cm³/mol. The highest BCUT2D eigenvalue weighted by molar-refractivity contribution is 5.00. The van der Waals surface area contributed by atoms with Crippen LogP contribution in [-0.4, -0.2) is 46.8 Å². The van der Waals surface area contributed by atoms with Gasteiger partial charge in [-0.15, -0.1) is 0 Å². The van der Waals surface area contributed by atoms with Crippen molar-refractivity contribution in [3.63, 3.8) is 0 Å². The third-order valence-electron chi connectivity index (χ3n) is 5.08. The fourth-order valence-electron chi connectivity index (χ4n) is 4.14. The van der Waals surface area contributed by atoms with Gasteiger partial charge >= 0.3 is 0 Å². The molecule has 2 fully saturated rings. The fourth-order valence-corrected chi connectivity index (χ4v) is 4.14. The highest BCUT2D eigenvalue weighted by atomic mass is 16.3. The van der Waals surface area contributed by atoms with Gasteiger partial charge in [0.15, 0.2) is 0 Å². The lowest BCUT2D eigenvalue weighted by Crippen LogP contribution is -2.57. The molecular weight excluding hydrogens is 224 g/mol. The number of likely N-dealkylation sites (N-methyl/N-ethyl adjacent to an activating group) is 1. The average Bonchev–Trinajstić information content (AvgIpc) is 2.70. The van der Waals surface area contributed by atoms with Crippen LogP contribution in [0.1, 0.15) is 59.3 Å². The molecule has 1 aliphatic heterocycles. The van der Waals surface area contributed by atoms with E-state index in [1.807, 2.05) is 0 Å². The largest absolute Gasteiger partial charge is 0.394 e. The lowest BCUT2D eigenvalue weighted by molar-refractivity contribution is 0.0320. The number of rotatable bonds is 4. The summed E-state index contributed by atoms with van der Waals surface area (Å²) in [5.41, 5.74) is 0.339. The molecule has 1 saturated heterocycles. The van der Waals surface area contributed by atoms with Gasteiger partial charge < -0.3 is 10.4 Å². The van der Waals surface area contributed by atoms with Crippen molar-refractivity contribution in [2.24, 2.45) is 0 Å². The molecule has 0 bridgehead atoms. The molecule has 0 amide bonds. The van der Waals surface area contributed by atoms with Crippen LogP contribution in [0.15, 0.2) is 0 Å². The van der Waals surface area contributed by atoms with Crippen LogP contribution in [0.5, 0.6) is 0 Å². The quantitative estimate of drug-likeness (QED) is 0.807. The van der Waals surface area contributed by atoms with Crippen LogP contribution < -0.4 is 5.32 Å². The molecule has 2 aliphatic rings. The minimum atomic E-state index is -0.0175. The highest BCUT2D eigenvalue weighted by Crippen LogP contribution is 2.38. The molecule has 0 aromatic carbocycles. The van der Waals surface area contributed by atoms with Gasteiger partial charge in [-0.3, -0.25) is 4.90 Å². The maximum Gasteiger partial charge on any atom is 0.0613 e. The third kappa shape index (κ3) is 2.73. The first-order valence-corrected chi connectivity index (χ1v) is 7.66. The Morgan fingerprint density at radius 2 is 2.06 bits per heavy atom. The van der Waals surface area contributed by atoms with Crippen LogP contribution in [0.2, 0.25) is 0 Å². The van der Waals surface area contributed by atoms with E-state index in [-0.39, 0.29) is 12.1 Å². The Bertz CT molecular complexity index is 276. The van der Waals surface area contributed by atoms with Crippen LogP contribution in [0.3, 0.4) is 0 Å². The van der Waals surface area contributed by atoms with Crippen molar-refractivity contribution in [2.45, 2.75) is 76.4 Å². The summed E-state index contributed by atoms with van der Waals surface area (Å²) in [6.45, 7) is 9.37. The SMILES string of the molecule is CCNC1(CO)CCCC(N2CCCC2(C)C)C1. The monoisotopic (exact) mass is 254 g/mol. The summed E-state index contributed by atoms with van der Waals surface area (Å²) >= 11 is 0. The average molecular weight is 254 g/mol. The number of hydrogen-bond acceptors (Lipinski definition) is 3. The van der Waals surface area contributed by atoms with Gasteiger partial charge in [0.2, 0.25) is 0 Å². The first-order chi connectivity index (χ1) is 8.53. The van der Waals surface area contributed by atoms with E-state index in [4.69, 9.17) is 0 Å². The molecule has 0 aromatic heterocycles. The van der Waals surface area contributed by atoms with E-state index in [0.29, 0.717) is 11.6 Å². The van der Waals surface area contributed by atoms with Gasteiger partial charge in [0.1, 0.15) is 0 Å². The minimum Gasteiger partial charge on any atom is -0.394 e. The van der Waals surface area contributed by atoms with E-state index in [2.05, 4.69) is 31.0 Å². The Labute approximate surface area is 112 Å². The van der Waals surface area contributed by atoms with E-state index in [1.165, 1.54) is 32.2 Å². The summed E-state index contributed by atoms with van der Waals surface area (Å²) in [6.07, 6.45) is 7.43. The zero-order valence-electron chi connectivity index (χ0n) is 12.3. The molecule has 18 heavy (non-hydrogen) atoms. The first kappa shape index (κ1) is 14.3. The number of aliphatic hydroxyl groups excluding tert-OH is 1. The van der Waals surface area contributed by atoms with Crippen molar-refractivity contribution >= 4 is 0 Å². The molecule has 0 aromatic rings. The van der Waals surface area contributed by atoms with E-state index in [1.54, 1.807) is 0 Å². The van der Waals surface area contributed by atoms with Gasteiger partial charge in [0, 0.05) is 17.1 Å². The molecule has 106 valence electrons. The predicted octanol–water partition coefficient (Wildman–Crippen LogP) is 2.14. The Morgan fingerprint density at radius 1 is 1.28 bits per heavy atom. The van der Waals surface area contributed by atoms with E-state index in [9.17, 15) is 5.11 Å². The Hall–Kier alpha value is -0.120. The summed E-state index contributed by atoms with van der Waals surface area (Å²) in [6, 6.07) is 0.655. The normalized spacial score (nSPS) is 37.0. The second-order valence-electron chi connectivity index (χ2n) is 6.83. The molecule has 0 radical (unpaired) electrons. The first-order valence-electron chi connectivity index (χ1n) is 7.66. The molecule has 0 spiro atoms. The zero-order valence-corrected chi connectivity index (χ0v) is 12.3. The van der Waals surface area contributed by atoms with Gasteiger partial charge in [0.25, 0.3) is 0 Å². The van der Waals surface area contributed by atoms with Crippen molar-refractivity contribution in [3.8, 4) is 0 Å². The van der Waals surface area contributed by atoms with Crippen LogP contribution in [-0.2, 0) is 0 Å². The Kier molecular flexibility index (Phi) is 4.35. The molecule has 3 heteroatoms. The molecule has 1 saturated carbocycles. The van der Waals surface area contributed by atoms with Crippen molar-refractivity contribution in [2.75, 3.05) is 19.7 Å². The number of likely N-dealkylation sites (tertiary alicyclic amines) is 1. The van der Waals surface area contributed by atoms with E-state index >= 15 is 0 Å². The summed E-state index contributed by atoms with van der Waals surface area (Å²) in [5, 5.41) is 13.3. The van der Waals surface area contributed by atoms with E-state index < -0.39 is 0 Å². The van der Waals surface area contributed by atoms with Crippen LogP contribution in [0.4, 0.5) is 0 Å². The lowest BCUT2D eigenvalue weighted by Gasteiger charge is -2.47. The summed E-state index contributed by atoms with van der Waals surface area (Å²) in [4.78, 5) is 2.70. The minimum absolute atomic E-state index is 0.0175. The van der Waals surface area contributed by atoms with Gasteiger partial charge in [-0.1, -0.05) is 6.92 Å². The number of hydrogen-bond donors (Lipinski definition) is 2. The number of nitrogens with one attached hydrogen (secondary N) is 1. The Morgan fingerprint density at radius 3 is 2.61 bits per heavy atom. The van der Waals surface area contributed by atoms with Gasteiger partial charge in [-0.05, 0) is 65.5 Å². The lowest BCUT2D eigenvalue weighted by atomic mass is 9.78. The molecule has 2 atom stereocenters. The van der Waals surface area contributed by atoms with Crippen LogP contribution >= 0.6 is 0 Å². The standard InChI is InChI=1S/C15H30N2O/c1-4-16-15(12-18)9-5-7-13(11-15)17-10-6-8-14(17,2)3/h13,16,18H,4-12H2,1-3H3. The van der Waals surface area contributed by atoms with Gasteiger partial charge in [-0.2, -0.15) is 0 Å². The second-order valence-corrected chi connectivity index (χ2v) is 6.83. The third-order valence-corrected chi connectivity index (χ3v) is 5.08. The second kappa shape index (κ2) is 5.48. The topological polar surface area (TPSA) is 35.5 Å². The summed E-state index contributed by atoms with van der Waals surface area (Å²) < 4.78 is 0. The van der Waals surface area contributed by atoms with E-state index in [0.717, 1.165) is 19.4 Å². The van der Waals surface area contributed by atoms with Crippen molar-refractivity contribution < 1.29 is 5.11 Å². The van der Waals surface area contributed by atoms with Crippen LogP contribution in [0.25, 0.3) is 0 Å². The molecule has 2 N–H and O–H groups in total. The van der Waals surface area contributed by atoms with Crippen molar-refractivity contribution in [1.82, 2.24) is 10.2 Å². The zero-order chi connectivity index (χ0) is 13.2. The Balaban J connectivity index is 2.06. The summed E-state index contributed by atoms with van der Waals surface area (Å²) in [5.74, 6) is 0. The van der Waals surface area contributed by atoms with Gasteiger partial charge in [-0.25, -0.2) is 0 Å². The van der Waals surface area contributed by atoms with Crippen molar-refractivity contribution in [3.05, 3.63) is 0 Å².